The molecule has 0 aliphatic rings. The summed E-state index contributed by atoms with van der Waals surface area (Å²) in [7, 11) is 1.24. The van der Waals surface area contributed by atoms with Crippen LogP contribution in [0.1, 0.15) is 12.5 Å². The lowest BCUT2D eigenvalue weighted by Crippen LogP contribution is -2.46. The standard InChI is InChI=1S/C14H18N2O4/c1-10(14(19)15-9-13(18)20-2)16-12(17)8-11-6-4-3-5-7-11/h3-7,10H,8-9H2,1-2H3,(H,15,19)(H,16,17). The number of hydrogen-bond donors (Lipinski definition) is 2. The second-order valence-electron chi connectivity index (χ2n) is 4.25. The smallest absolute Gasteiger partial charge is 0.325 e. The summed E-state index contributed by atoms with van der Waals surface area (Å²) < 4.78 is 4.40. The predicted molar refractivity (Wildman–Crippen MR) is 72.8 cm³/mol. The Morgan fingerprint density at radius 2 is 1.85 bits per heavy atom. The Morgan fingerprint density at radius 3 is 2.45 bits per heavy atom. The second kappa shape index (κ2) is 7.93. The van der Waals surface area contributed by atoms with Crippen LogP contribution in [0.2, 0.25) is 0 Å². The van der Waals surface area contributed by atoms with Crippen LogP contribution in [0, 0.1) is 0 Å². The van der Waals surface area contributed by atoms with Crippen LogP contribution in [0.3, 0.4) is 0 Å². The average molecular weight is 278 g/mol. The molecule has 0 fully saturated rings. The van der Waals surface area contributed by atoms with E-state index >= 15 is 0 Å². The molecule has 0 saturated carbocycles. The number of carbonyl (C=O) groups is 3. The molecular weight excluding hydrogens is 260 g/mol. The summed E-state index contributed by atoms with van der Waals surface area (Å²) in [5, 5.41) is 4.94. The van der Waals surface area contributed by atoms with E-state index in [9.17, 15) is 14.4 Å². The highest BCUT2D eigenvalue weighted by Gasteiger charge is 2.16. The van der Waals surface area contributed by atoms with Gasteiger partial charge in [0.25, 0.3) is 0 Å². The molecule has 1 rings (SSSR count). The maximum absolute atomic E-state index is 11.7. The highest BCUT2D eigenvalue weighted by Crippen LogP contribution is 1.99. The zero-order chi connectivity index (χ0) is 15.0. The van der Waals surface area contributed by atoms with Gasteiger partial charge < -0.3 is 15.4 Å². The van der Waals surface area contributed by atoms with Gasteiger partial charge in [-0.05, 0) is 12.5 Å². The second-order valence-corrected chi connectivity index (χ2v) is 4.25. The van der Waals surface area contributed by atoms with E-state index in [1.54, 1.807) is 6.92 Å². The van der Waals surface area contributed by atoms with Crippen molar-refractivity contribution in [3.63, 3.8) is 0 Å². The quantitative estimate of drug-likeness (QED) is 0.719. The molecule has 1 aromatic carbocycles. The molecule has 1 aromatic rings. The summed E-state index contributed by atoms with van der Waals surface area (Å²) in [6.07, 6.45) is 0.204. The maximum atomic E-state index is 11.7. The molecule has 1 atom stereocenters. The molecule has 0 bridgehead atoms. The molecule has 1 unspecified atom stereocenters. The zero-order valence-corrected chi connectivity index (χ0v) is 11.5. The molecule has 0 aromatic heterocycles. The third kappa shape index (κ3) is 5.51. The van der Waals surface area contributed by atoms with Crippen LogP contribution in [0.15, 0.2) is 30.3 Å². The SMILES string of the molecule is COC(=O)CNC(=O)C(C)NC(=O)Cc1ccccc1. The molecular formula is C14H18N2O4. The maximum Gasteiger partial charge on any atom is 0.325 e. The fraction of sp³-hybridized carbons (Fsp3) is 0.357. The molecule has 0 heterocycles. The minimum Gasteiger partial charge on any atom is -0.468 e. The number of methoxy groups -OCH3 is 1. The largest absolute Gasteiger partial charge is 0.468 e. The van der Waals surface area contributed by atoms with Crippen LogP contribution in [0.25, 0.3) is 0 Å². The lowest BCUT2D eigenvalue weighted by atomic mass is 10.1. The van der Waals surface area contributed by atoms with Gasteiger partial charge in [-0.2, -0.15) is 0 Å². The number of benzene rings is 1. The first-order valence-electron chi connectivity index (χ1n) is 6.20. The first-order chi connectivity index (χ1) is 9.52. The van der Waals surface area contributed by atoms with Gasteiger partial charge in [-0.3, -0.25) is 14.4 Å². The van der Waals surface area contributed by atoms with Crippen LogP contribution in [-0.2, 0) is 25.5 Å². The minimum absolute atomic E-state index is 0.204. The average Bonchev–Trinajstić information content (AvgIpc) is 2.45. The number of amides is 2. The van der Waals surface area contributed by atoms with E-state index < -0.39 is 17.9 Å². The first kappa shape index (κ1) is 15.7. The lowest BCUT2D eigenvalue weighted by molar-refractivity contribution is -0.141. The number of hydrogen-bond acceptors (Lipinski definition) is 4. The number of nitrogens with one attached hydrogen (secondary N) is 2. The highest BCUT2D eigenvalue weighted by molar-refractivity contribution is 5.89. The van der Waals surface area contributed by atoms with E-state index in [-0.39, 0.29) is 18.9 Å². The molecule has 0 aliphatic heterocycles. The van der Waals surface area contributed by atoms with Crippen molar-refractivity contribution >= 4 is 17.8 Å². The van der Waals surface area contributed by atoms with Crippen LogP contribution in [-0.4, -0.2) is 37.5 Å². The van der Waals surface area contributed by atoms with Gasteiger partial charge in [0, 0.05) is 0 Å². The topological polar surface area (TPSA) is 84.5 Å². The summed E-state index contributed by atoms with van der Waals surface area (Å²) in [5.74, 6) is -1.23. The van der Waals surface area contributed by atoms with Gasteiger partial charge in [-0.1, -0.05) is 30.3 Å². The monoisotopic (exact) mass is 278 g/mol. The Morgan fingerprint density at radius 1 is 1.20 bits per heavy atom. The third-order valence-electron chi connectivity index (χ3n) is 2.61. The number of ether oxygens (including phenoxy) is 1. The van der Waals surface area contributed by atoms with Crippen LogP contribution >= 0.6 is 0 Å². The fourth-order valence-corrected chi connectivity index (χ4v) is 1.52. The van der Waals surface area contributed by atoms with Gasteiger partial charge in [0.2, 0.25) is 11.8 Å². The molecule has 0 spiro atoms. The van der Waals surface area contributed by atoms with E-state index in [0.717, 1.165) is 5.56 Å². The number of rotatable bonds is 6. The van der Waals surface area contributed by atoms with E-state index in [1.165, 1.54) is 7.11 Å². The summed E-state index contributed by atoms with van der Waals surface area (Å²) >= 11 is 0. The fourth-order valence-electron chi connectivity index (χ4n) is 1.52. The molecule has 6 nitrogen and oxygen atoms in total. The first-order valence-corrected chi connectivity index (χ1v) is 6.20. The molecule has 2 amide bonds. The van der Waals surface area contributed by atoms with Gasteiger partial charge in [0.15, 0.2) is 0 Å². The van der Waals surface area contributed by atoms with Gasteiger partial charge in [-0.25, -0.2) is 0 Å². The lowest BCUT2D eigenvalue weighted by Gasteiger charge is -2.13. The molecule has 0 radical (unpaired) electrons. The Kier molecular flexibility index (Phi) is 6.22. The van der Waals surface area contributed by atoms with Crippen molar-refractivity contribution in [2.24, 2.45) is 0 Å². The molecule has 108 valence electrons. The van der Waals surface area contributed by atoms with Gasteiger partial charge >= 0.3 is 5.97 Å². The van der Waals surface area contributed by atoms with Crippen molar-refractivity contribution in [3.8, 4) is 0 Å². The Labute approximate surface area is 117 Å². The highest BCUT2D eigenvalue weighted by atomic mass is 16.5. The molecule has 2 N–H and O–H groups in total. The Bertz CT molecular complexity index is 473. The minimum atomic E-state index is -0.712. The van der Waals surface area contributed by atoms with Crippen molar-refractivity contribution in [2.75, 3.05) is 13.7 Å². The van der Waals surface area contributed by atoms with Crippen molar-refractivity contribution in [3.05, 3.63) is 35.9 Å². The summed E-state index contributed by atoms with van der Waals surface area (Å²) in [6, 6.07) is 8.51. The van der Waals surface area contributed by atoms with E-state index in [0.29, 0.717) is 0 Å². The van der Waals surface area contributed by atoms with Gasteiger partial charge in [0.05, 0.1) is 13.5 Å². The van der Waals surface area contributed by atoms with Crippen molar-refractivity contribution in [1.29, 1.82) is 0 Å². The third-order valence-corrected chi connectivity index (χ3v) is 2.61. The Hall–Kier alpha value is -2.37. The van der Waals surface area contributed by atoms with Gasteiger partial charge in [0.1, 0.15) is 12.6 Å². The van der Waals surface area contributed by atoms with Crippen LogP contribution < -0.4 is 10.6 Å². The molecule has 0 saturated heterocycles. The number of esters is 1. The van der Waals surface area contributed by atoms with E-state index in [4.69, 9.17) is 0 Å². The molecule has 6 heteroatoms. The van der Waals surface area contributed by atoms with Crippen molar-refractivity contribution < 1.29 is 19.1 Å². The summed E-state index contributed by atoms with van der Waals surface area (Å²) in [5.41, 5.74) is 0.868. The summed E-state index contributed by atoms with van der Waals surface area (Å²) in [6.45, 7) is 1.34. The normalized spacial score (nSPS) is 11.3. The van der Waals surface area contributed by atoms with Crippen molar-refractivity contribution in [2.45, 2.75) is 19.4 Å². The van der Waals surface area contributed by atoms with Crippen LogP contribution in [0.4, 0.5) is 0 Å². The predicted octanol–water partition coefficient (Wildman–Crippen LogP) is 0.0230. The Balaban J connectivity index is 2.37. The zero-order valence-electron chi connectivity index (χ0n) is 11.5. The van der Waals surface area contributed by atoms with E-state index in [1.807, 2.05) is 30.3 Å². The van der Waals surface area contributed by atoms with Crippen molar-refractivity contribution in [1.82, 2.24) is 10.6 Å². The molecule has 20 heavy (non-hydrogen) atoms. The molecule has 0 aliphatic carbocycles. The van der Waals surface area contributed by atoms with E-state index in [2.05, 4.69) is 15.4 Å². The van der Waals surface area contributed by atoms with Gasteiger partial charge in [-0.15, -0.1) is 0 Å². The summed E-state index contributed by atoms with van der Waals surface area (Å²) in [4.78, 5) is 34.2. The van der Waals surface area contributed by atoms with Crippen LogP contribution in [0.5, 0.6) is 0 Å². The number of carbonyl (C=O) groups excluding carboxylic acids is 3.